The Morgan fingerprint density at radius 3 is 3.00 bits per heavy atom. The summed E-state index contributed by atoms with van der Waals surface area (Å²) in [5.41, 5.74) is 1.69. The highest BCUT2D eigenvalue weighted by molar-refractivity contribution is 5.38. The molecular formula is C14H15N5O. The Morgan fingerprint density at radius 2 is 2.30 bits per heavy atom. The minimum atomic E-state index is -0.179. The molecule has 2 aromatic rings. The van der Waals surface area contributed by atoms with Crippen molar-refractivity contribution in [2.45, 2.75) is 19.9 Å². The molecule has 0 saturated heterocycles. The van der Waals surface area contributed by atoms with Crippen molar-refractivity contribution >= 4 is 5.69 Å². The summed E-state index contributed by atoms with van der Waals surface area (Å²) in [6, 6.07) is 6.91. The van der Waals surface area contributed by atoms with Crippen LogP contribution in [0.3, 0.4) is 0 Å². The number of hydrogen-bond acceptors (Lipinski definition) is 5. The molecule has 0 aromatic carbocycles. The summed E-state index contributed by atoms with van der Waals surface area (Å²) in [4.78, 5) is 15.8. The first-order chi connectivity index (χ1) is 9.72. The lowest BCUT2D eigenvalue weighted by atomic mass is 10.2. The summed E-state index contributed by atoms with van der Waals surface area (Å²) in [6.45, 7) is 3.18. The molecule has 2 heterocycles. The van der Waals surface area contributed by atoms with Crippen LogP contribution in [0.4, 0.5) is 5.69 Å². The molecule has 0 aliphatic heterocycles. The fourth-order valence-corrected chi connectivity index (χ4v) is 1.73. The van der Waals surface area contributed by atoms with Crippen molar-refractivity contribution in [1.29, 1.82) is 5.26 Å². The van der Waals surface area contributed by atoms with Crippen LogP contribution in [0.2, 0.25) is 0 Å². The van der Waals surface area contributed by atoms with Crippen molar-refractivity contribution in [1.82, 2.24) is 14.8 Å². The molecule has 20 heavy (non-hydrogen) atoms. The SMILES string of the molecule is CCCNc1cnn(Cc2ccnc(C#N)c2)c(=O)c1. The van der Waals surface area contributed by atoms with Crippen LogP contribution in [0.25, 0.3) is 0 Å². The van der Waals surface area contributed by atoms with E-state index >= 15 is 0 Å². The molecule has 1 N–H and O–H groups in total. The summed E-state index contributed by atoms with van der Waals surface area (Å²) in [5, 5.41) is 16.0. The highest BCUT2D eigenvalue weighted by atomic mass is 16.1. The molecule has 0 spiro atoms. The van der Waals surface area contributed by atoms with Crippen molar-refractivity contribution in [2.24, 2.45) is 0 Å². The summed E-state index contributed by atoms with van der Waals surface area (Å²) >= 11 is 0. The molecule has 0 aliphatic rings. The van der Waals surface area contributed by atoms with Crippen molar-refractivity contribution in [3.63, 3.8) is 0 Å². The van der Waals surface area contributed by atoms with Crippen LogP contribution in [-0.2, 0) is 6.54 Å². The van der Waals surface area contributed by atoms with Gasteiger partial charge in [-0.2, -0.15) is 10.4 Å². The van der Waals surface area contributed by atoms with Crippen LogP contribution in [0.1, 0.15) is 24.6 Å². The van der Waals surface area contributed by atoms with Gasteiger partial charge in [-0.05, 0) is 24.1 Å². The van der Waals surface area contributed by atoms with Crippen LogP contribution in [0.15, 0.2) is 35.4 Å². The van der Waals surface area contributed by atoms with Gasteiger partial charge in [0.1, 0.15) is 11.8 Å². The Hall–Kier alpha value is -2.68. The van der Waals surface area contributed by atoms with Crippen LogP contribution >= 0.6 is 0 Å². The number of aromatic nitrogens is 3. The van der Waals surface area contributed by atoms with Crippen LogP contribution in [0.5, 0.6) is 0 Å². The predicted octanol–water partition coefficient (Wildman–Crippen LogP) is 1.38. The van der Waals surface area contributed by atoms with Gasteiger partial charge in [-0.3, -0.25) is 4.79 Å². The molecule has 0 aliphatic carbocycles. The van der Waals surface area contributed by atoms with E-state index in [0.29, 0.717) is 12.2 Å². The monoisotopic (exact) mass is 269 g/mol. The average Bonchev–Trinajstić information content (AvgIpc) is 2.48. The van der Waals surface area contributed by atoms with Gasteiger partial charge in [0, 0.05) is 18.8 Å². The molecule has 2 rings (SSSR count). The molecule has 102 valence electrons. The molecule has 6 heteroatoms. The number of nitriles is 1. The van der Waals surface area contributed by atoms with E-state index in [2.05, 4.69) is 22.3 Å². The van der Waals surface area contributed by atoms with E-state index in [-0.39, 0.29) is 5.56 Å². The summed E-state index contributed by atoms with van der Waals surface area (Å²) in [5.74, 6) is 0. The molecule has 0 fully saturated rings. The van der Waals surface area contributed by atoms with Crippen molar-refractivity contribution in [2.75, 3.05) is 11.9 Å². The van der Waals surface area contributed by atoms with Gasteiger partial charge in [0.15, 0.2) is 0 Å². The standard InChI is InChI=1S/C14H15N5O/c1-2-4-16-13-7-14(20)19(18-9-13)10-11-3-5-17-12(6-11)8-15/h3,5-7,9,16H,2,4,10H2,1H3. The van der Waals surface area contributed by atoms with E-state index in [1.54, 1.807) is 24.5 Å². The molecule has 6 nitrogen and oxygen atoms in total. The number of anilines is 1. The Morgan fingerprint density at radius 1 is 1.45 bits per heavy atom. The molecule has 2 aromatic heterocycles. The third kappa shape index (κ3) is 3.42. The van der Waals surface area contributed by atoms with E-state index in [9.17, 15) is 4.79 Å². The van der Waals surface area contributed by atoms with E-state index in [4.69, 9.17) is 5.26 Å². The van der Waals surface area contributed by atoms with E-state index in [1.165, 1.54) is 10.7 Å². The predicted molar refractivity (Wildman–Crippen MR) is 75.3 cm³/mol. The smallest absolute Gasteiger partial charge is 0.269 e. The molecule has 0 bridgehead atoms. The van der Waals surface area contributed by atoms with Crippen molar-refractivity contribution in [3.8, 4) is 6.07 Å². The third-order valence-electron chi connectivity index (χ3n) is 2.72. The molecule has 0 radical (unpaired) electrons. The zero-order valence-electron chi connectivity index (χ0n) is 11.2. The van der Waals surface area contributed by atoms with Crippen LogP contribution in [-0.4, -0.2) is 21.3 Å². The quantitative estimate of drug-likeness (QED) is 0.886. The average molecular weight is 269 g/mol. The molecular weight excluding hydrogens is 254 g/mol. The van der Waals surface area contributed by atoms with Crippen molar-refractivity contribution < 1.29 is 0 Å². The second kappa shape index (κ2) is 6.48. The summed E-state index contributed by atoms with van der Waals surface area (Å²) in [6.07, 6.45) is 4.16. The summed E-state index contributed by atoms with van der Waals surface area (Å²) < 4.78 is 1.35. The number of nitrogens with one attached hydrogen (secondary N) is 1. The number of hydrogen-bond donors (Lipinski definition) is 1. The second-order valence-corrected chi connectivity index (χ2v) is 4.33. The first-order valence-corrected chi connectivity index (χ1v) is 6.39. The Bertz CT molecular complexity index is 686. The zero-order chi connectivity index (χ0) is 14.4. The maximum Gasteiger partial charge on any atom is 0.269 e. The minimum Gasteiger partial charge on any atom is -0.384 e. The lowest BCUT2D eigenvalue weighted by molar-refractivity contribution is 0.639. The van der Waals surface area contributed by atoms with Gasteiger partial charge in [-0.15, -0.1) is 0 Å². The highest BCUT2D eigenvalue weighted by Gasteiger charge is 2.02. The number of pyridine rings is 1. The Labute approximate surface area is 116 Å². The van der Waals surface area contributed by atoms with Crippen LogP contribution in [0, 0.1) is 11.3 Å². The number of rotatable bonds is 5. The van der Waals surface area contributed by atoms with Gasteiger partial charge < -0.3 is 5.32 Å². The van der Waals surface area contributed by atoms with Gasteiger partial charge in [0.25, 0.3) is 5.56 Å². The maximum atomic E-state index is 11.9. The van der Waals surface area contributed by atoms with Gasteiger partial charge in [-0.25, -0.2) is 9.67 Å². The third-order valence-corrected chi connectivity index (χ3v) is 2.72. The van der Waals surface area contributed by atoms with E-state index < -0.39 is 0 Å². The van der Waals surface area contributed by atoms with Gasteiger partial charge in [0.05, 0.1) is 18.4 Å². The minimum absolute atomic E-state index is 0.179. The summed E-state index contributed by atoms with van der Waals surface area (Å²) in [7, 11) is 0. The number of nitrogens with zero attached hydrogens (tertiary/aromatic N) is 4. The fourth-order valence-electron chi connectivity index (χ4n) is 1.73. The molecule has 0 amide bonds. The lowest BCUT2D eigenvalue weighted by Crippen LogP contribution is -2.23. The normalized spacial score (nSPS) is 10.0. The zero-order valence-corrected chi connectivity index (χ0v) is 11.2. The Balaban J connectivity index is 2.17. The second-order valence-electron chi connectivity index (χ2n) is 4.33. The first kappa shape index (κ1) is 13.7. The van der Waals surface area contributed by atoms with E-state index in [0.717, 1.165) is 24.2 Å². The van der Waals surface area contributed by atoms with E-state index in [1.807, 2.05) is 6.07 Å². The fraction of sp³-hybridized carbons (Fsp3) is 0.286. The lowest BCUT2D eigenvalue weighted by Gasteiger charge is -2.07. The van der Waals surface area contributed by atoms with Crippen molar-refractivity contribution in [3.05, 3.63) is 52.2 Å². The maximum absolute atomic E-state index is 11.9. The van der Waals surface area contributed by atoms with Crippen LogP contribution < -0.4 is 10.9 Å². The van der Waals surface area contributed by atoms with Gasteiger partial charge in [0.2, 0.25) is 0 Å². The highest BCUT2D eigenvalue weighted by Crippen LogP contribution is 2.04. The van der Waals surface area contributed by atoms with Gasteiger partial charge >= 0.3 is 0 Å². The Kier molecular flexibility index (Phi) is 4.45. The first-order valence-electron chi connectivity index (χ1n) is 6.39. The van der Waals surface area contributed by atoms with Gasteiger partial charge in [-0.1, -0.05) is 6.92 Å². The topological polar surface area (TPSA) is 83.6 Å². The molecule has 0 unspecified atom stereocenters. The largest absolute Gasteiger partial charge is 0.384 e. The molecule has 0 saturated carbocycles. The molecule has 0 atom stereocenters.